The lowest BCUT2D eigenvalue weighted by Gasteiger charge is -2.12. The van der Waals surface area contributed by atoms with Crippen molar-refractivity contribution in [1.82, 2.24) is 0 Å². The van der Waals surface area contributed by atoms with Crippen molar-refractivity contribution >= 4 is 15.9 Å². The molecule has 1 unspecified atom stereocenters. The lowest BCUT2D eigenvalue weighted by atomic mass is 10.2. The molecule has 1 aromatic carbocycles. The van der Waals surface area contributed by atoms with E-state index in [4.69, 9.17) is 4.74 Å². The molecule has 0 saturated carbocycles. The number of halogens is 1. The highest BCUT2D eigenvalue weighted by atomic mass is 79.9. The van der Waals surface area contributed by atoms with Crippen LogP contribution in [0.2, 0.25) is 0 Å². The third kappa shape index (κ3) is 3.39. The number of hydrogen-bond donors (Lipinski definition) is 0. The van der Waals surface area contributed by atoms with Gasteiger partial charge >= 0.3 is 0 Å². The van der Waals surface area contributed by atoms with Crippen LogP contribution < -0.4 is 4.74 Å². The summed E-state index contributed by atoms with van der Waals surface area (Å²) in [5.41, 5.74) is 1.25. The minimum Gasteiger partial charge on any atom is -0.491 e. The Labute approximate surface area is 88.2 Å². The molecule has 1 rings (SSSR count). The Hall–Kier alpha value is -0.500. The molecule has 0 fully saturated rings. The van der Waals surface area contributed by atoms with Crippen molar-refractivity contribution in [3.05, 3.63) is 29.8 Å². The Morgan fingerprint density at radius 3 is 2.85 bits per heavy atom. The summed E-state index contributed by atoms with van der Waals surface area (Å²) in [6.07, 6.45) is 1.34. The van der Waals surface area contributed by atoms with Crippen molar-refractivity contribution in [2.45, 2.75) is 31.7 Å². The molecule has 0 heterocycles. The van der Waals surface area contributed by atoms with Gasteiger partial charge in [0.05, 0.1) is 6.10 Å². The maximum atomic E-state index is 5.69. The molecule has 0 aliphatic carbocycles. The molecule has 1 aromatic rings. The maximum absolute atomic E-state index is 5.69. The molecular formula is C11H15BrO. The van der Waals surface area contributed by atoms with Gasteiger partial charge in [-0.25, -0.2) is 0 Å². The molecule has 2 heteroatoms. The van der Waals surface area contributed by atoms with E-state index >= 15 is 0 Å². The molecular weight excluding hydrogens is 228 g/mol. The van der Waals surface area contributed by atoms with E-state index in [-0.39, 0.29) is 0 Å². The standard InChI is InChI=1S/C11H15BrO/c1-3-9(2)13-11-6-4-5-10(7-11)8-12/h4-7,9H,3,8H2,1-2H3. The molecule has 0 radical (unpaired) electrons. The summed E-state index contributed by atoms with van der Waals surface area (Å²) in [6.45, 7) is 4.21. The van der Waals surface area contributed by atoms with Gasteiger partial charge in [-0.15, -0.1) is 0 Å². The number of ether oxygens (including phenoxy) is 1. The first-order valence-corrected chi connectivity index (χ1v) is 5.70. The lowest BCUT2D eigenvalue weighted by Crippen LogP contribution is -2.09. The fraction of sp³-hybridized carbons (Fsp3) is 0.455. The molecule has 0 spiro atoms. The van der Waals surface area contributed by atoms with Crippen molar-refractivity contribution in [2.24, 2.45) is 0 Å². The largest absolute Gasteiger partial charge is 0.491 e. The van der Waals surface area contributed by atoms with Crippen LogP contribution >= 0.6 is 15.9 Å². The van der Waals surface area contributed by atoms with Gasteiger partial charge in [-0.1, -0.05) is 35.0 Å². The van der Waals surface area contributed by atoms with Crippen molar-refractivity contribution in [3.8, 4) is 5.75 Å². The van der Waals surface area contributed by atoms with Gasteiger partial charge in [0.25, 0.3) is 0 Å². The minimum absolute atomic E-state index is 0.297. The van der Waals surface area contributed by atoms with Crippen molar-refractivity contribution in [1.29, 1.82) is 0 Å². The van der Waals surface area contributed by atoms with E-state index in [1.807, 2.05) is 12.1 Å². The molecule has 72 valence electrons. The van der Waals surface area contributed by atoms with Crippen LogP contribution in [0, 0.1) is 0 Å². The second kappa shape index (κ2) is 5.28. The molecule has 0 aliphatic heterocycles. The summed E-state index contributed by atoms with van der Waals surface area (Å²) in [6, 6.07) is 8.17. The van der Waals surface area contributed by atoms with Crippen LogP contribution in [0.25, 0.3) is 0 Å². The van der Waals surface area contributed by atoms with Crippen LogP contribution in [0.1, 0.15) is 25.8 Å². The normalized spacial score (nSPS) is 12.5. The van der Waals surface area contributed by atoms with E-state index in [0.717, 1.165) is 17.5 Å². The first kappa shape index (κ1) is 10.6. The zero-order valence-corrected chi connectivity index (χ0v) is 9.67. The third-order valence-corrected chi connectivity index (χ3v) is 2.61. The van der Waals surface area contributed by atoms with Crippen molar-refractivity contribution < 1.29 is 4.74 Å². The molecule has 13 heavy (non-hydrogen) atoms. The Balaban J connectivity index is 2.66. The third-order valence-electron chi connectivity index (χ3n) is 1.96. The fourth-order valence-electron chi connectivity index (χ4n) is 1.02. The monoisotopic (exact) mass is 242 g/mol. The summed E-state index contributed by atoms with van der Waals surface area (Å²) in [5, 5.41) is 0.880. The number of alkyl halides is 1. The van der Waals surface area contributed by atoms with Crippen LogP contribution in [0.5, 0.6) is 5.75 Å². The van der Waals surface area contributed by atoms with E-state index in [2.05, 4.69) is 41.9 Å². The van der Waals surface area contributed by atoms with Crippen molar-refractivity contribution in [3.63, 3.8) is 0 Å². The summed E-state index contributed by atoms with van der Waals surface area (Å²) in [7, 11) is 0. The molecule has 0 aliphatic rings. The molecule has 1 atom stereocenters. The van der Waals surface area contributed by atoms with Gasteiger partial charge in [0, 0.05) is 5.33 Å². The number of rotatable bonds is 4. The highest BCUT2D eigenvalue weighted by Gasteiger charge is 2.00. The average Bonchev–Trinajstić information content (AvgIpc) is 2.18. The number of hydrogen-bond acceptors (Lipinski definition) is 1. The van der Waals surface area contributed by atoms with Crippen LogP contribution in [0.4, 0.5) is 0 Å². The van der Waals surface area contributed by atoms with E-state index in [0.29, 0.717) is 6.10 Å². The highest BCUT2D eigenvalue weighted by molar-refractivity contribution is 9.08. The van der Waals surface area contributed by atoms with E-state index in [1.165, 1.54) is 5.56 Å². The van der Waals surface area contributed by atoms with Crippen LogP contribution in [0.15, 0.2) is 24.3 Å². The van der Waals surface area contributed by atoms with E-state index in [1.54, 1.807) is 0 Å². The van der Waals surface area contributed by atoms with Gasteiger partial charge in [0.15, 0.2) is 0 Å². The van der Waals surface area contributed by atoms with E-state index < -0.39 is 0 Å². The number of benzene rings is 1. The second-order valence-electron chi connectivity index (χ2n) is 3.12. The van der Waals surface area contributed by atoms with Gasteiger partial charge < -0.3 is 4.74 Å². The predicted octanol–water partition coefficient (Wildman–Crippen LogP) is 3.76. The quantitative estimate of drug-likeness (QED) is 0.731. The van der Waals surface area contributed by atoms with Gasteiger partial charge in [-0.3, -0.25) is 0 Å². The SMILES string of the molecule is CCC(C)Oc1cccc(CBr)c1. The van der Waals surface area contributed by atoms with Gasteiger partial charge in [-0.2, -0.15) is 0 Å². The molecule has 0 bridgehead atoms. The fourth-order valence-corrected chi connectivity index (χ4v) is 1.37. The van der Waals surface area contributed by atoms with Crippen LogP contribution in [0.3, 0.4) is 0 Å². The van der Waals surface area contributed by atoms with Crippen LogP contribution in [-0.2, 0) is 5.33 Å². The Bertz CT molecular complexity index is 260. The Morgan fingerprint density at radius 2 is 2.23 bits per heavy atom. The minimum atomic E-state index is 0.297. The average molecular weight is 243 g/mol. The molecule has 0 aromatic heterocycles. The summed E-state index contributed by atoms with van der Waals surface area (Å²) in [4.78, 5) is 0. The zero-order chi connectivity index (χ0) is 9.68. The molecule has 0 amide bonds. The first-order chi connectivity index (χ1) is 6.26. The first-order valence-electron chi connectivity index (χ1n) is 4.57. The Kier molecular flexibility index (Phi) is 4.29. The van der Waals surface area contributed by atoms with Gasteiger partial charge in [-0.05, 0) is 31.0 Å². The smallest absolute Gasteiger partial charge is 0.120 e. The summed E-state index contributed by atoms with van der Waals surface area (Å²) in [5.74, 6) is 0.964. The summed E-state index contributed by atoms with van der Waals surface area (Å²) >= 11 is 3.42. The van der Waals surface area contributed by atoms with Gasteiger partial charge in [0.2, 0.25) is 0 Å². The highest BCUT2D eigenvalue weighted by Crippen LogP contribution is 2.17. The lowest BCUT2D eigenvalue weighted by molar-refractivity contribution is 0.217. The van der Waals surface area contributed by atoms with Crippen LogP contribution in [-0.4, -0.2) is 6.10 Å². The summed E-state index contributed by atoms with van der Waals surface area (Å²) < 4.78 is 5.69. The van der Waals surface area contributed by atoms with Crippen molar-refractivity contribution in [2.75, 3.05) is 0 Å². The molecule has 1 nitrogen and oxygen atoms in total. The van der Waals surface area contributed by atoms with Gasteiger partial charge in [0.1, 0.15) is 5.75 Å². The topological polar surface area (TPSA) is 9.23 Å². The molecule has 0 N–H and O–H groups in total. The Morgan fingerprint density at radius 1 is 1.46 bits per heavy atom. The molecule has 0 saturated heterocycles. The zero-order valence-electron chi connectivity index (χ0n) is 8.09. The second-order valence-corrected chi connectivity index (χ2v) is 3.68. The van der Waals surface area contributed by atoms with E-state index in [9.17, 15) is 0 Å². The predicted molar refractivity (Wildman–Crippen MR) is 59.5 cm³/mol. The maximum Gasteiger partial charge on any atom is 0.120 e.